The number of aryl methyl sites for hydroxylation is 1. The highest BCUT2D eigenvalue weighted by Gasteiger charge is 2.16. The van der Waals surface area contributed by atoms with Gasteiger partial charge in [-0.1, -0.05) is 42.5 Å². The minimum atomic E-state index is -0.648. The third-order valence-electron chi connectivity index (χ3n) is 4.23. The van der Waals surface area contributed by atoms with Crippen molar-refractivity contribution in [3.05, 3.63) is 65.7 Å². The molecule has 0 radical (unpaired) electrons. The van der Waals surface area contributed by atoms with E-state index < -0.39 is 6.23 Å². The lowest BCUT2D eigenvalue weighted by Crippen LogP contribution is -2.43. The topological polar surface area (TPSA) is 82.0 Å². The number of ether oxygens (including phenoxy) is 1. The molecule has 5 heteroatoms. The normalized spacial score (nSPS) is 14.7. The van der Waals surface area contributed by atoms with Gasteiger partial charge in [-0.15, -0.1) is 0 Å². The molecule has 0 amide bonds. The highest BCUT2D eigenvalue weighted by atomic mass is 16.5. The van der Waals surface area contributed by atoms with E-state index in [-0.39, 0.29) is 24.5 Å². The number of hydrogen-bond donors (Lipinski definition) is 4. The maximum absolute atomic E-state index is 10.4. The third-order valence-corrected chi connectivity index (χ3v) is 4.23. The van der Waals surface area contributed by atoms with Crippen LogP contribution in [0.25, 0.3) is 0 Å². The van der Waals surface area contributed by atoms with E-state index in [4.69, 9.17) is 9.84 Å². The van der Waals surface area contributed by atoms with E-state index in [1.807, 2.05) is 49.4 Å². The van der Waals surface area contributed by atoms with Gasteiger partial charge >= 0.3 is 0 Å². The fourth-order valence-electron chi connectivity index (χ4n) is 2.72. The molecule has 26 heavy (non-hydrogen) atoms. The van der Waals surface area contributed by atoms with Crippen molar-refractivity contribution in [2.45, 2.75) is 44.6 Å². The summed E-state index contributed by atoms with van der Waals surface area (Å²) in [5.74, 6) is 0.228. The van der Waals surface area contributed by atoms with Gasteiger partial charge in [0.15, 0.2) is 0 Å². The lowest BCUT2D eigenvalue weighted by molar-refractivity contribution is 0.00243. The van der Waals surface area contributed by atoms with E-state index in [1.165, 1.54) is 5.56 Å². The Hall–Kier alpha value is -1.92. The summed E-state index contributed by atoms with van der Waals surface area (Å²) in [6.45, 7) is 2.15. The van der Waals surface area contributed by atoms with Crippen LogP contribution in [0.3, 0.4) is 0 Å². The lowest BCUT2D eigenvalue weighted by Gasteiger charge is -2.24. The number of aliphatic hydroxyl groups is 2. The molecule has 0 saturated heterocycles. The molecule has 0 bridgehead atoms. The van der Waals surface area contributed by atoms with Crippen LogP contribution in [0.15, 0.2) is 54.6 Å². The summed E-state index contributed by atoms with van der Waals surface area (Å²) in [6.07, 6.45) is 1.15. The van der Waals surface area contributed by atoms with E-state index >= 15 is 0 Å². The second-order valence-electron chi connectivity index (χ2n) is 6.60. The molecule has 142 valence electrons. The van der Waals surface area contributed by atoms with Gasteiger partial charge in [0, 0.05) is 6.04 Å². The molecule has 4 N–H and O–H groups in total. The molecule has 2 aromatic carbocycles. The van der Waals surface area contributed by atoms with Crippen LogP contribution in [0.1, 0.15) is 24.5 Å². The minimum absolute atomic E-state index is 0.0392. The van der Waals surface area contributed by atoms with Crippen molar-refractivity contribution in [3.63, 3.8) is 0 Å². The first kappa shape index (κ1) is 20.4. The zero-order valence-corrected chi connectivity index (χ0v) is 15.2. The van der Waals surface area contributed by atoms with Crippen LogP contribution in [0.2, 0.25) is 0 Å². The SMILES string of the molecule is CC(CO)OCC(Cc1ccc(O)cc1)NC(O)CCc1ccccc1. The van der Waals surface area contributed by atoms with Crippen molar-refractivity contribution in [2.75, 3.05) is 13.2 Å². The van der Waals surface area contributed by atoms with Gasteiger partial charge < -0.3 is 20.1 Å². The van der Waals surface area contributed by atoms with Gasteiger partial charge in [0.2, 0.25) is 0 Å². The molecule has 0 aliphatic carbocycles. The molecule has 3 unspecified atom stereocenters. The molecule has 2 rings (SSSR count). The summed E-state index contributed by atoms with van der Waals surface area (Å²) < 4.78 is 5.64. The monoisotopic (exact) mass is 359 g/mol. The number of phenols is 1. The van der Waals surface area contributed by atoms with E-state index in [9.17, 15) is 10.2 Å². The third kappa shape index (κ3) is 7.54. The molecule has 2 aromatic rings. The fraction of sp³-hybridized carbons (Fsp3) is 0.429. The number of phenolic OH excluding ortho intramolecular Hbond substituents is 1. The van der Waals surface area contributed by atoms with Crippen LogP contribution in [0.4, 0.5) is 0 Å². The van der Waals surface area contributed by atoms with E-state index in [0.717, 1.165) is 12.0 Å². The van der Waals surface area contributed by atoms with E-state index in [0.29, 0.717) is 19.4 Å². The lowest BCUT2D eigenvalue weighted by atomic mass is 10.0. The van der Waals surface area contributed by atoms with Crippen LogP contribution in [-0.4, -0.2) is 46.9 Å². The predicted molar refractivity (Wildman–Crippen MR) is 102 cm³/mol. The van der Waals surface area contributed by atoms with Crippen LogP contribution < -0.4 is 5.32 Å². The second-order valence-corrected chi connectivity index (χ2v) is 6.60. The Balaban J connectivity index is 1.89. The average Bonchev–Trinajstić information content (AvgIpc) is 2.66. The maximum atomic E-state index is 10.4. The summed E-state index contributed by atoms with van der Waals surface area (Å²) in [7, 11) is 0. The maximum Gasteiger partial charge on any atom is 0.115 e. The van der Waals surface area contributed by atoms with Gasteiger partial charge in [-0.3, -0.25) is 5.32 Å². The van der Waals surface area contributed by atoms with Crippen LogP contribution in [0.5, 0.6) is 5.75 Å². The summed E-state index contributed by atoms with van der Waals surface area (Å²) in [5, 5.41) is 32.1. The molecule has 0 spiro atoms. The highest BCUT2D eigenvalue weighted by Crippen LogP contribution is 2.13. The Morgan fingerprint density at radius 3 is 2.35 bits per heavy atom. The van der Waals surface area contributed by atoms with E-state index in [1.54, 1.807) is 12.1 Å². The summed E-state index contributed by atoms with van der Waals surface area (Å²) >= 11 is 0. The van der Waals surface area contributed by atoms with Crippen molar-refractivity contribution in [1.29, 1.82) is 0 Å². The first-order chi connectivity index (χ1) is 12.6. The van der Waals surface area contributed by atoms with Gasteiger partial charge in [0.05, 0.1) is 19.3 Å². The molecule has 0 saturated carbocycles. The van der Waals surface area contributed by atoms with Crippen LogP contribution in [-0.2, 0) is 17.6 Å². The Bertz CT molecular complexity index is 618. The largest absolute Gasteiger partial charge is 0.508 e. The molecular formula is C21H29NO4. The van der Waals surface area contributed by atoms with Crippen LogP contribution in [0, 0.1) is 0 Å². The van der Waals surface area contributed by atoms with E-state index in [2.05, 4.69) is 5.32 Å². The number of hydrogen-bond acceptors (Lipinski definition) is 5. The van der Waals surface area contributed by atoms with Crippen molar-refractivity contribution in [3.8, 4) is 5.75 Å². The Labute approximate surface area is 155 Å². The predicted octanol–water partition coefficient (Wildman–Crippen LogP) is 2.24. The minimum Gasteiger partial charge on any atom is -0.508 e. The zero-order chi connectivity index (χ0) is 18.8. The zero-order valence-electron chi connectivity index (χ0n) is 15.2. The van der Waals surface area contributed by atoms with Crippen molar-refractivity contribution < 1.29 is 20.1 Å². The van der Waals surface area contributed by atoms with Gasteiger partial charge in [0.1, 0.15) is 12.0 Å². The van der Waals surface area contributed by atoms with Crippen molar-refractivity contribution >= 4 is 0 Å². The molecule has 0 heterocycles. The number of aliphatic hydroxyl groups excluding tert-OH is 2. The number of aromatic hydroxyl groups is 1. The molecule has 0 fully saturated rings. The number of nitrogens with one attached hydrogen (secondary N) is 1. The summed E-state index contributed by atoms with van der Waals surface area (Å²) in [5.41, 5.74) is 2.23. The molecule has 5 nitrogen and oxygen atoms in total. The quantitative estimate of drug-likeness (QED) is 0.463. The Morgan fingerprint density at radius 1 is 1.00 bits per heavy atom. The van der Waals surface area contributed by atoms with Crippen molar-refractivity contribution in [2.24, 2.45) is 0 Å². The summed E-state index contributed by atoms with van der Waals surface area (Å²) in [6, 6.07) is 17.0. The number of benzene rings is 2. The average molecular weight is 359 g/mol. The van der Waals surface area contributed by atoms with Crippen molar-refractivity contribution in [1.82, 2.24) is 5.32 Å². The van der Waals surface area contributed by atoms with Crippen LogP contribution >= 0.6 is 0 Å². The molecule has 0 aromatic heterocycles. The fourth-order valence-corrected chi connectivity index (χ4v) is 2.72. The number of rotatable bonds is 11. The molecule has 0 aliphatic heterocycles. The Morgan fingerprint density at radius 2 is 1.69 bits per heavy atom. The smallest absolute Gasteiger partial charge is 0.115 e. The second kappa shape index (κ2) is 10.9. The molecule has 3 atom stereocenters. The van der Waals surface area contributed by atoms with Gasteiger partial charge in [-0.05, 0) is 49.4 Å². The first-order valence-corrected chi connectivity index (χ1v) is 9.05. The first-order valence-electron chi connectivity index (χ1n) is 9.05. The van der Waals surface area contributed by atoms with Gasteiger partial charge in [-0.25, -0.2) is 0 Å². The Kier molecular flexibility index (Phi) is 8.58. The highest BCUT2D eigenvalue weighted by molar-refractivity contribution is 5.26. The molecular weight excluding hydrogens is 330 g/mol. The van der Waals surface area contributed by atoms with Gasteiger partial charge in [-0.2, -0.15) is 0 Å². The van der Waals surface area contributed by atoms with Gasteiger partial charge in [0.25, 0.3) is 0 Å². The molecule has 0 aliphatic rings. The summed E-state index contributed by atoms with van der Waals surface area (Å²) in [4.78, 5) is 0. The standard InChI is InChI=1S/C21H29NO4/c1-16(14-23)26-15-19(13-18-7-10-20(24)11-8-18)22-21(25)12-9-17-5-3-2-4-6-17/h2-8,10-11,16,19,21-25H,9,12-15H2,1H3.